The van der Waals surface area contributed by atoms with Crippen molar-refractivity contribution in [3.8, 4) is 5.75 Å². The molecule has 0 unspecified atom stereocenters. The molecule has 1 aromatic heterocycles. The highest BCUT2D eigenvalue weighted by Crippen LogP contribution is 2.26. The summed E-state index contributed by atoms with van der Waals surface area (Å²) in [7, 11) is 0. The molecule has 6 heteroatoms. The van der Waals surface area contributed by atoms with Gasteiger partial charge < -0.3 is 4.74 Å². The van der Waals surface area contributed by atoms with Crippen molar-refractivity contribution in [2.45, 2.75) is 6.61 Å². The van der Waals surface area contributed by atoms with Gasteiger partial charge in [-0.2, -0.15) is 5.10 Å². The lowest BCUT2D eigenvalue weighted by Gasteiger charge is -2.08. The van der Waals surface area contributed by atoms with Crippen molar-refractivity contribution in [3.63, 3.8) is 0 Å². The van der Waals surface area contributed by atoms with Gasteiger partial charge in [0.1, 0.15) is 12.4 Å². The molecule has 0 aliphatic heterocycles. The number of benzene rings is 2. The van der Waals surface area contributed by atoms with E-state index in [1.54, 1.807) is 24.5 Å². The zero-order valence-electron chi connectivity index (χ0n) is 13.8. The number of ether oxygens (including phenoxy) is 1. The molecule has 1 amide bonds. The number of nitrogens with one attached hydrogen (secondary N) is 1. The van der Waals surface area contributed by atoms with Crippen LogP contribution in [0.1, 0.15) is 21.5 Å². The van der Waals surface area contributed by atoms with Gasteiger partial charge in [-0.3, -0.25) is 9.78 Å². The van der Waals surface area contributed by atoms with Crippen molar-refractivity contribution in [3.05, 3.63) is 94.2 Å². The SMILES string of the molecule is O=C(N/N=C\c1ccc(OCc2ccccc2)c(Br)c1)c1cccnc1. The summed E-state index contributed by atoms with van der Waals surface area (Å²) in [5.74, 6) is 0.432. The summed E-state index contributed by atoms with van der Waals surface area (Å²) in [6, 6.07) is 18.9. The third kappa shape index (κ3) is 5.00. The highest BCUT2D eigenvalue weighted by Gasteiger charge is 2.04. The van der Waals surface area contributed by atoms with E-state index in [-0.39, 0.29) is 5.91 Å². The van der Waals surface area contributed by atoms with E-state index in [1.807, 2.05) is 48.5 Å². The van der Waals surface area contributed by atoms with E-state index in [2.05, 4.69) is 31.4 Å². The number of rotatable bonds is 6. The molecule has 0 radical (unpaired) electrons. The van der Waals surface area contributed by atoms with Crippen molar-refractivity contribution < 1.29 is 9.53 Å². The predicted molar refractivity (Wildman–Crippen MR) is 104 cm³/mol. The molecule has 1 N–H and O–H groups in total. The Morgan fingerprint density at radius 1 is 1.15 bits per heavy atom. The van der Waals surface area contributed by atoms with Crippen LogP contribution in [0.3, 0.4) is 0 Å². The molecule has 3 aromatic rings. The maximum absolute atomic E-state index is 11.9. The fraction of sp³-hybridized carbons (Fsp3) is 0.0500. The largest absolute Gasteiger partial charge is 0.488 e. The van der Waals surface area contributed by atoms with Crippen molar-refractivity contribution in [1.82, 2.24) is 10.4 Å². The van der Waals surface area contributed by atoms with E-state index in [0.717, 1.165) is 21.3 Å². The molecule has 0 aliphatic carbocycles. The van der Waals surface area contributed by atoms with Crippen molar-refractivity contribution in [2.24, 2.45) is 5.10 Å². The smallest absolute Gasteiger partial charge is 0.272 e. The number of halogens is 1. The van der Waals surface area contributed by atoms with Gasteiger partial charge >= 0.3 is 0 Å². The van der Waals surface area contributed by atoms with Gasteiger partial charge in [-0.05, 0) is 57.4 Å². The van der Waals surface area contributed by atoms with E-state index in [0.29, 0.717) is 12.2 Å². The number of hydrazone groups is 1. The minimum absolute atomic E-state index is 0.309. The number of pyridine rings is 1. The third-order valence-corrected chi connectivity index (χ3v) is 4.12. The van der Waals surface area contributed by atoms with Crippen LogP contribution in [0.15, 0.2) is 82.6 Å². The summed E-state index contributed by atoms with van der Waals surface area (Å²) in [6.45, 7) is 0.494. The third-order valence-electron chi connectivity index (χ3n) is 3.50. The van der Waals surface area contributed by atoms with Gasteiger partial charge in [0.05, 0.1) is 16.3 Å². The fourth-order valence-electron chi connectivity index (χ4n) is 2.18. The molecule has 3 rings (SSSR count). The summed E-state index contributed by atoms with van der Waals surface area (Å²) in [4.78, 5) is 15.8. The van der Waals surface area contributed by atoms with Gasteiger partial charge in [-0.1, -0.05) is 30.3 Å². The Balaban J connectivity index is 1.58. The first-order valence-corrected chi connectivity index (χ1v) is 8.71. The topological polar surface area (TPSA) is 63.6 Å². The van der Waals surface area contributed by atoms with E-state index in [9.17, 15) is 4.79 Å². The highest BCUT2D eigenvalue weighted by molar-refractivity contribution is 9.10. The number of carbonyl (C=O) groups excluding carboxylic acids is 1. The van der Waals surface area contributed by atoms with Crippen LogP contribution in [-0.2, 0) is 6.61 Å². The van der Waals surface area contributed by atoms with Crippen LogP contribution in [0, 0.1) is 0 Å². The van der Waals surface area contributed by atoms with Crippen LogP contribution in [0.25, 0.3) is 0 Å². The second-order valence-electron chi connectivity index (χ2n) is 5.40. The first-order valence-electron chi connectivity index (χ1n) is 7.92. The molecule has 0 fully saturated rings. The molecule has 130 valence electrons. The molecule has 0 saturated carbocycles. The second-order valence-corrected chi connectivity index (χ2v) is 6.26. The number of nitrogens with zero attached hydrogens (tertiary/aromatic N) is 2. The van der Waals surface area contributed by atoms with Crippen LogP contribution in [-0.4, -0.2) is 17.1 Å². The van der Waals surface area contributed by atoms with E-state index < -0.39 is 0 Å². The van der Waals surface area contributed by atoms with Gasteiger partial charge in [-0.15, -0.1) is 0 Å². The number of hydrogen-bond donors (Lipinski definition) is 1. The fourth-order valence-corrected chi connectivity index (χ4v) is 2.69. The average Bonchev–Trinajstić information content (AvgIpc) is 2.69. The molecule has 0 bridgehead atoms. The van der Waals surface area contributed by atoms with E-state index in [4.69, 9.17) is 4.74 Å². The zero-order chi connectivity index (χ0) is 18.2. The van der Waals surface area contributed by atoms with Crippen LogP contribution in [0.2, 0.25) is 0 Å². The summed E-state index contributed by atoms with van der Waals surface area (Å²) >= 11 is 3.50. The number of hydrogen-bond acceptors (Lipinski definition) is 4. The molecule has 2 aromatic carbocycles. The number of carbonyl (C=O) groups is 1. The van der Waals surface area contributed by atoms with Gasteiger partial charge in [0, 0.05) is 12.4 Å². The minimum atomic E-state index is -0.309. The highest BCUT2D eigenvalue weighted by atomic mass is 79.9. The van der Waals surface area contributed by atoms with Gasteiger partial charge in [0.25, 0.3) is 5.91 Å². The quantitative estimate of drug-likeness (QED) is 0.490. The second kappa shape index (κ2) is 8.92. The molecule has 0 saturated heterocycles. The summed E-state index contributed by atoms with van der Waals surface area (Å²) in [6.07, 6.45) is 4.67. The molecule has 0 aliphatic rings. The molecule has 5 nitrogen and oxygen atoms in total. The molecule has 0 spiro atoms. The first kappa shape index (κ1) is 17.8. The zero-order valence-corrected chi connectivity index (χ0v) is 15.4. The molecular formula is C20H16BrN3O2. The van der Waals surface area contributed by atoms with Gasteiger partial charge in [0.2, 0.25) is 0 Å². The normalized spacial score (nSPS) is 10.7. The number of aromatic nitrogens is 1. The summed E-state index contributed by atoms with van der Waals surface area (Å²) in [5, 5.41) is 3.97. The lowest BCUT2D eigenvalue weighted by Crippen LogP contribution is -2.17. The molecule has 26 heavy (non-hydrogen) atoms. The average molecular weight is 410 g/mol. The van der Waals surface area contributed by atoms with Crippen LogP contribution >= 0.6 is 15.9 Å². The molecule has 1 heterocycles. The minimum Gasteiger partial charge on any atom is -0.488 e. The standard InChI is InChI=1S/C20H16BrN3O2/c21-18-11-16(12-23-24-20(25)17-7-4-10-22-13-17)8-9-19(18)26-14-15-5-2-1-3-6-15/h1-13H,14H2,(H,24,25)/b23-12-. The predicted octanol–water partition coefficient (Wildman–Crippen LogP) is 4.19. The number of amides is 1. The van der Waals surface area contributed by atoms with Crippen LogP contribution < -0.4 is 10.2 Å². The van der Waals surface area contributed by atoms with Crippen molar-refractivity contribution in [1.29, 1.82) is 0 Å². The molecular weight excluding hydrogens is 394 g/mol. The van der Waals surface area contributed by atoms with Crippen LogP contribution in [0.5, 0.6) is 5.75 Å². The maximum Gasteiger partial charge on any atom is 0.272 e. The summed E-state index contributed by atoms with van der Waals surface area (Å²) in [5.41, 5.74) is 4.86. The first-order chi connectivity index (χ1) is 12.7. The Morgan fingerprint density at radius 2 is 2.00 bits per heavy atom. The summed E-state index contributed by atoms with van der Waals surface area (Å²) < 4.78 is 6.63. The Kier molecular flexibility index (Phi) is 6.11. The van der Waals surface area contributed by atoms with Crippen molar-refractivity contribution in [2.75, 3.05) is 0 Å². The Bertz CT molecular complexity index is 899. The van der Waals surface area contributed by atoms with Gasteiger partial charge in [-0.25, -0.2) is 5.43 Å². The Hall–Kier alpha value is -2.99. The van der Waals surface area contributed by atoms with E-state index in [1.165, 1.54) is 6.20 Å². The Labute approximate surface area is 159 Å². The lowest BCUT2D eigenvalue weighted by molar-refractivity contribution is 0.0955. The molecule has 0 atom stereocenters. The Morgan fingerprint density at radius 3 is 2.73 bits per heavy atom. The lowest BCUT2D eigenvalue weighted by atomic mass is 10.2. The van der Waals surface area contributed by atoms with E-state index >= 15 is 0 Å². The maximum atomic E-state index is 11.9. The van der Waals surface area contributed by atoms with Crippen molar-refractivity contribution >= 4 is 28.1 Å². The monoisotopic (exact) mass is 409 g/mol. The van der Waals surface area contributed by atoms with Gasteiger partial charge in [0.15, 0.2) is 0 Å². The van der Waals surface area contributed by atoms with Crippen LogP contribution in [0.4, 0.5) is 0 Å².